The maximum Gasteiger partial charge on any atom is 0.255 e. The number of methoxy groups -OCH3 is 1. The molecule has 3 nitrogen and oxygen atoms in total. The van der Waals surface area contributed by atoms with E-state index in [-0.39, 0.29) is 11.7 Å². The molecule has 0 fully saturated rings. The van der Waals surface area contributed by atoms with Crippen molar-refractivity contribution in [3.63, 3.8) is 0 Å². The number of amides is 1. The zero-order chi connectivity index (χ0) is 15.4. The molecule has 0 saturated carbocycles. The Morgan fingerprint density at radius 1 is 1.29 bits per heavy atom. The molecule has 0 saturated heterocycles. The van der Waals surface area contributed by atoms with Crippen LogP contribution in [0.25, 0.3) is 0 Å². The first-order valence-electron chi connectivity index (χ1n) is 6.35. The SMILES string of the molecule is COc1ccccc1CN(C)C(=O)c1ccc(F)cc1Br. The van der Waals surface area contributed by atoms with E-state index in [9.17, 15) is 9.18 Å². The van der Waals surface area contributed by atoms with Gasteiger partial charge in [-0.25, -0.2) is 4.39 Å². The van der Waals surface area contributed by atoms with Crippen LogP contribution in [0.3, 0.4) is 0 Å². The minimum atomic E-state index is -0.384. The average Bonchev–Trinajstić information content (AvgIpc) is 2.47. The van der Waals surface area contributed by atoms with Crippen molar-refractivity contribution in [2.45, 2.75) is 6.54 Å². The van der Waals surface area contributed by atoms with Crippen LogP contribution in [0.4, 0.5) is 4.39 Å². The molecule has 0 N–H and O–H groups in total. The van der Waals surface area contributed by atoms with Crippen molar-refractivity contribution >= 4 is 21.8 Å². The summed E-state index contributed by atoms with van der Waals surface area (Å²) in [5.74, 6) is 0.161. The first-order valence-corrected chi connectivity index (χ1v) is 7.14. The number of nitrogens with zero attached hydrogens (tertiary/aromatic N) is 1. The second kappa shape index (κ2) is 6.72. The van der Waals surface area contributed by atoms with E-state index in [0.29, 0.717) is 16.6 Å². The van der Waals surface area contributed by atoms with Crippen LogP contribution in [0.1, 0.15) is 15.9 Å². The fourth-order valence-electron chi connectivity index (χ4n) is 2.03. The van der Waals surface area contributed by atoms with E-state index in [0.717, 1.165) is 11.3 Å². The first-order chi connectivity index (χ1) is 10.0. The molecule has 2 rings (SSSR count). The molecule has 0 aliphatic carbocycles. The lowest BCUT2D eigenvalue weighted by atomic mass is 10.1. The van der Waals surface area contributed by atoms with Gasteiger partial charge in [-0.3, -0.25) is 4.79 Å². The first kappa shape index (κ1) is 15.5. The van der Waals surface area contributed by atoms with Gasteiger partial charge in [0.25, 0.3) is 5.91 Å². The molecule has 0 spiro atoms. The molecular weight excluding hydrogens is 337 g/mol. The van der Waals surface area contributed by atoms with Crippen molar-refractivity contribution in [1.82, 2.24) is 4.90 Å². The Labute approximate surface area is 131 Å². The van der Waals surface area contributed by atoms with Gasteiger partial charge in [0, 0.05) is 23.6 Å². The van der Waals surface area contributed by atoms with Crippen molar-refractivity contribution in [2.24, 2.45) is 0 Å². The molecule has 0 aliphatic rings. The van der Waals surface area contributed by atoms with E-state index < -0.39 is 0 Å². The summed E-state index contributed by atoms with van der Waals surface area (Å²) in [6, 6.07) is 11.5. The lowest BCUT2D eigenvalue weighted by Crippen LogP contribution is -2.26. The van der Waals surface area contributed by atoms with Crippen molar-refractivity contribution in [3.05, 3.63) is 63.9 Å². The van der Waals surface area contributed by atoms with Gasteiger partial charge in [-0.1, -0.05) is 18.2 Å². The van der Waals surface area contributed by atoms with Gasteiger partial charge in [-0.15, -0.1) is 0 Å². The van der Waals surface area contributed by atoms with Gasteiger partial charge in [-0.05, 0) is 40.2 Å². The molecule has 21 heavy (non-hydrogen) atoms. The number of carbonyl (C=O) groups is 1. The van der Waals surface area contributed by atoms with Crippen LogP contribution in [0, 0.1) is 5.82 Å². The highest BCUT2D eigenvalue weighted by Gasteiger charge is 2.16. The third kappa shape index (κ3) is 3.61. The fraction of sp³-hybridized carbons (Fsp3) is 0.188. The summed E-state index contributed by atoms with van der Waals surface area (Å²) in [6.07, 6.45) is 0. The van der Waals surface area contributed by atoms with Crippen LogP contribution in [0.2, 0.25) is 0 Å². The smallest absolute Gasteiger partial charge is 0.255 e. The number of hydrogen-bond donors (Lipinski definition) is 0. The highest BCUT2D eigenvalue weighted by Crippen LogP contribution is 2.22. The summed E-state index contributed by atoms with van der Waals surface area (Å²) in [4.78, 5) is 14.0. The topological polar surface area (TPSA) is 29.5 Å². The predicted octanol–water partition coefficient (Wildman–Crippen LogP) is 3.87. The molecule has 0 radical (unpaired) electrons. The van der Waals surface area contributed by atoms with Crippen molar-refractivity contribution < 1.29 is 13.9 Å². The highest BCUT2D eigenvalue weighted by atomic mass is 79.9. The van der Waals surface area contributed by atoms with E-state index in [4.69, 9.17) is 4.74 Å². The van der Waals surface area contributed by atoms with Crippen LogP contribution in [-0.4, -0.2) is 25.0 Å². The lowest BCUT2D eigenvalue weighted by molar-refractivity contribution is 0.0783. The van der Waals surface area contributed by atoms with Gasteiger partial charge in [0.1, 0.15) is 11.6 Å². The number of rotatable bonds is 4. The molecule has 0 aromatic heterocycles. The van der Waals surface area contributed by atoms with Crippen molar-refractivity contribution in [2.75, 3.05) is 14.2 Å². The van der Waals surface area contributed by atoms with Gasteiger partial charge in [0.15, 0.2) is 0 Å². The number of benzene rings is 2. The molecule has 0 aliphatic heterocycles. The van der Waals surface area contributed by atoms with Gasteiger partial charge in [0.2, 0.25) is 0 Å². The second-order valence-corrected chi connectivity index (χ2v) is 5.45. The fourth-order valence-corrected chi connectivity index (χ4v) is 2.55. The highest BCUT2D eigenvalue weighted by molar-refractivity contribution is 9.10. The Hall–Kier alpha value is -1.88. The molecule has 5 heteroatoms. The summed E-state index contributed by atoms with van der Waals surface area (Å²) in [6.45, 7) is 0.409. The molecule has 1 amide bonds. The largest absolute Gasteiger partial charge is 0.496 e. The lowest BCUT2D eigenvalue weighted by Gasteiger charge is -2.19. The van der Waals surface area contributed by atoms with Crippen LogP contribution < -0.4 is 4.74 Å². The molecule has 0 heterocycles. The van der Waals surface area contributed by atoms with E-state index in [1.807, 2.05) is 24.3 Å². The Kier molecular flexibility index (Phi) is 4.96. The Balaban J connectivity index is 2.19. The normalized spacial score (nSPS) is 10.3. The van der Waals surface area contributed by atoms with Crippen LogP contribution >= 0.6 is 15.9 Å². The quantitative estimate of drug-likeness (QED) is 0.836. The van der Waals surface area contributed by atoms with Crippen LogP contribution in [0.15, 0.2) is 46.9 Å². The zero-order valence-corrected chi connectivity index (χ0v) is 13.4. The number of para-hydroxylation sites is 1. The summed E-state index contributed by atoms with van der Waals surface area (Å²) in [5, 5.41) is 0. The van der Waals surface area contributed by atoms with Crippen molar-refractivity contribution in [3.8, 4) is 5.75 Å². The molecule has 0 bridgehead atoms. The van der Waals surface area contributed by atoms with Gasteiger partial charge >= 0.3 is 0 Å². The van der Waals surface area contributed by atoms with Gasteiger partial charge in [0.05, 0.1) is 12.7 Å². The van der Waals surface area contributed by atoms with E-state index in [1.54, 1.807) is 19.1 Å². The minimum Gasteiger partial charge on any atom is -0.496 e. The molecule has 0 atom stereocenters. The number of halogens is 2. The molecular formula is C16H15BrFNO2. The van der Waals surface area contributed by atoms with Gasteiger partial charge in [-0.2, -0.15) is 0 Å². The Morgan fingerprint density at radius 2 is 2.00 bits per heavy atom. The predicted molar refractivity (Wildman–Crippen MR) is 82.9 cm³/mol. The summed E-state index contributed by atoms with van der Waals surface area (Å²) in [5.41, 5.74) is 1.34. The second-order valence-electron chi connectivity index (χ2n) is 4.60. The average molecular weight is 352 g/mol. The maximum atomic E-state index is 13.1. The Bertz CT molecular complexity index is 660. The molecule has 110 valence electrons. The standard InChI is InChI=1S/C16H15BrFNO2/c1-19(10-11-5-3-4-6-15(11)21-2)16(20)13-8-7-12(18)9-14(13)17/h3-9H,10H2,1-2H3. The van der Waals surface area contributed by atoms with E-state index >= 15 is 0 Å². The van der Waals surface area contributed by atoms with E-state index in [1.165, 1.54) is 18.2 Å². The number of ether oxygens (including phenoxy) is 1. The van der Waals surface area contributed by atoms with Crippen molar-refractivity contribution in [1.29, 1.82) is 0 Å². The van der Waals surface area contributed by atoms with Crippen LogP contribution in [0.5, 0.6) is 5.75 Å². The minimum absolute atomic E-state index is 0.187. The number of carbonyl (C=O) groups excluding carboxylic acids is 1. The number of hydrogen-bond acceptors (Lipinski definition) is 2. The summed E-state index contributed by atoms with van der Waals surface area (Å²) >= 11 is 3.22. The zero-order valence-electron chi connectivity index (χ0n) is 11.8. The maximum absolute atomic E-state index is 13.1. The Morgan fingerprint density at radius 3 is 2.67 bits per heavy atom. The van der Waals surface area contributed by atoms with Gasteiger partial charge < -0.3 is 9.64 Å². The third-order valence-electron chi connectivity index (χ3n) is 3.11. The summed E-state index contributed by atoms with van der Waals surface area (Å²) in [7, 11) is 3.29. The van der Waals surface area contributed by atoms with E-state index in [2.05, 4.69) is 15.9 Å². The summed E-state index contributed by atoms with van der Waals surface area (Å²) < 4.78 is 18.8. The van der Waals surface area contributed by atoms with Crippen LogP contribution in [-0.2, 0) is 6.54 Å². The molecule has 2 aromatic rings. The molecule has 2 aromatic carbocycles. The third-order valence-corrected chi connectivity index (χ3v) is 3.76. The monoisotopic (exact) mass is 351 g/mol. The molecule has 0 unspecified atom stereocenters.